The zero-order valence-electron chi connectivity index (χ0n) is 11.6. The number of nitrogens with one attached hydrogen (secondary N) is 1. The molecule has 2 rings (SSSR count). The third-order valence-corrected chi connectivity index (χ3v) is 3.81. The Bertz CT molecular complexity index is 373. The molecule has 1 fully saturated rings. The van der Waals surface area contributed by atoms with Crippen LogP contribution in [0, 0.1) is 5.92 Å². The Hall–Kier alpha value is -1.10. The van der Waals surface area contributed by atoms with Gasteiger partial charge in [0.05, 0.1) is 19.8 Å². The van der Waals surface area contributed by atoms with Gasteiger partial charge in [-0.15, -0.1) is 0 Å². The van der Waals surface area contributed by atoms with Gasteiger partial charge >= 0.3 is 0 Å². The summed E-state index contributed by atoms with van der Waals surface area (Å²) in [6, 6.07) is 7.90. The molecule has 4 nitrogen and oxygen atoms in total. The second-order valence-corrected chi connectivity index (χ2v) is 5.11. The van der Waals surface area contributed by atoms with Crippen LogP contribution in [0.4, 0.5) is 0 Å². The summed E-state index contributed by atoms with van der Waals surface area (Å²) in [4.78, 5) is 0. The molecule has 0 spiro atoms. The maximum absolute atomic E-state index is 10.1. The highest BCUT2D eigenvalue weighted by atomic mass is 16.5. The van der Waals surface area contributed by atoms with Crippen molar-refractivity contribution in [2.24, 2.45) is 5.92 Å². The molecule has 0 amide bonds. The van der Waals surface area contributed by atoms with Crippen molar-refractivity contribution < 1.29 is 14.6 Å². The summed E-state index contributed by atoms with van der Waals surface area (Å²) in [5, 5.41) is 13.5. The van der Waals surface area contributed by atoms with Crippen LogP contribution in [0.5, 0.6) is 5.75 Å². The molecular formula is C15H23NO3. The predicted molar refractivity (Wildman–Crippen MR) is 74.3 cm³/mol. The van der Waals surface area contributed by atoms with E-state index in [2.05, 4.69) is 12.2 Å². The second kappa shape index (κ2) is 6.89. The van der Waals surface area contributed by atoms with Gasteiger partial charge in [-0.05, 0) is 37.0 Å². The Morgan fingerprint density at radius 2 is 2.16 bits per heavy atom. The van der Waals surface area contributed by atoms with Crippen molar-refractivity contribution in [3.63, 3.8) is 0 Å². The maximum atomic E-state index is 10.1. The van der Waals surface area contributed by atoms with Gasteiger partial charge in [0.15, 0.2) is 0 Å². The Morgan fingerprint density at radius 3 is 2.74 bits per heavy atom. The molecule has 1 heterocycles. The van der Waals surface area contributed by atoms with Crippen LogP contribution in [0.15, 0.2) is 24.3 Å². The summed E-state index contributed by atoms with van der Waals surface area (Å²) in [7, 11) is 1.64. The van der Waals surface area contributed by atoms with E-state index in [0.717, 1.165) is 30.9 Å². The fourth-order valence-corrected chi connectivity index (χ4v) is 2.36. The molecule has 19 heavy (non-hydrogen) atoms. The summed E-state index contributed by atoms with van der Waals surface area (Å²) in [5.41, 5.74) is 0.906. The summed E-state index contributed by atoms with van der Waals surface area (Å²) in [6.45, 7) is 4.40. The first kappa shape index (κ1) is 14.3. The van der Waals surface area contributed by atoms with Crippen molar-refractivity contribution in [3.05, 3.63) is 29.8 Å². The fraction of sp³-hybridized carbons (Fsp3) is 0.600. The highest BCUT2D eigenvalue weighted by molar-refractivity contribution is 5.28. The lowest BCUT2D eigenvalue weighted by atomic mass is 10.0. The van der Waals surface area contributed by atoms with Crippen LogP contribution >= 0.6 is 0 Å². The van der Waals surface area contributed by atoms with E-state index in [1.165, 1.54) is 0 Å². The Labute approximate surface area is 114 Å². The lowest BCUT2D eigenvalue weighted by molar-refractivity contribution is 0.156. The lowest BCUT2D eigenvalue weighted by Crippen LogP contribution is -2.36. The number of aliphatic hydroxyl groups is 1. The molecule has 4 heteroatoms. The van der Waals surface area contributed by atoms with E-state index in [1.54, 1.807) is 7.11 Å². The van der Waals surface area contributed by atoms with Crippen molar-refractivity contribution in [1.82, 2.24) is 5.32 Å². The molecule has 1 aliphatic heterocycles. The van der Waals surface area contributed by atoms with Gasteiger partial charge in [-0.2, -0.15) is 0 Å². The van der Waals surface area contributed by atoms with E-state index in [9.17, 15) is 5.11 Å². The number of hydrogen-bond donors (Lipinski definition) is 2. The molecule has 0 saturated carbocycles. The lowest BCUT2D eigenvalue weighted by Gasteiger charge is -2.21. The third-order valence-electron chi connectivity index (χ3n) is 3.81. The number of hydrogen-bond acceptors (Lipinski definition) is 4. The molecule has 0 aromatic heterocycles. The van der Waals surface area contributed by atoms with Crippen LogP contribution in [0.2, 0.25) is 0 Å². The number of aliphatic hydroxyl groups excluding tert-OH is 1. The normalized spacial score (nSPS) is 22.2. The first-order chi connectivity index (χ1) is 9.20. The largest absolute Gasteiger partial charge is 0.497 e. The average molecular weight is 265 g/mol. The zero-order valence-corrected chi connectivity index (χ0v) is 11.6. The molecule has 1 aromatic carbocycles. The second-order valence-electron chi connectivity index (χ2n) is 5.11. The molecule has 0 bridgehead atoms. The van der Waals surface area contributed by atoms with Crippen LogP contribution in [0.3, 0.4) is 0 Å². The highest BCUT2D eigenvalue weighted by Gasteiger charge is 2.22. The van der Waals surface area contributed by atoms with Crippen molar-refractivity contribution in [2.45, 2.75) is 25.5 Å². The number of methoxy groups -OCH3 is 1. The van der Waals surface area contributed by atoms with Gasteiger partial charge in [0.25, 0.3) is 0 Å². The molecule has 3 atom stereocenters. The smallest absolute Gasteiger partial charge is 0.118 e. The van der Waals surface area contributed by atoms with Crippen molar-refractivity contribution in [3.8, 4) is 5.75 Å². The minimum absolute atomic E-state index is 0.371. The van der Waals surface area contributed by atoms with E-state index < -0.39 is 6.10 Å². The van der Waals surface area contributed by atoms with E-state index in [0.29, 0.717) is 18.5 Å². The molecule has 0 aliphatic carbocycles. The van der Waals surface area contributed by atoms with Gasteiger partial charge in [0.1, 0.15) is 5.75 Å². The highest BCUT2D eigenvalue weighted by Crippen LogP contribution is 2.19. The summed E-state index contributed by atoms with van der Waals surface area (Å²) < 4.78 is 10.5. The molecule has 106 valence electrons. The van der Waals surface area contributed by atoms with Gasteiger partial charge in [0, 0.05) is 19.2 Å². The first-order valence-corrected chi connectivity index (χ1v) is 6.84. The zero-order chi connectivity index (χ0) is 13.7. The molecule has 3 unspecified atom stereocenters. The van der Waals surface area contributed by atoms with E-state index in [4.69, 9.17) is 9.47 Å². The van der Waals surface area contributed by atoms with Crippen LogP contribution < -0.4 is 10.1 Å². The van der Waals surface area contributed by atoms with E-state index >= 15 is 0 Å². The van der Waals surface area contributed by atoms with Gasteiger partial charge in [-0.3, -0.25) is 0 Å². The molecule has 1 aromatic rings. The Kier molecular flexibility index (Phi) is 5.19. The van der Waals surface area contributed by atoms with Crippen molar-refractivity contribution >= 4 is 0 Å². The number of rotatable bonds is 6. The molecular weight excluding hydrogens is 242 g/mol. The SMILES string of the molecule is COc1ccc(C(O)CNC(C)C2CCOC2)cc1. The molecule has 0 radical (unpaired) electrons. The third kappa shape index (κ3) is 3.93. The van der Waals surface area contributed by atoms with Crippen molar-refractivity contribution in [1.29, 1.82) is 0 Å². The topological polar surface area (TPSA) is 50.7 Å². The standard InChI is InChI=1S/C15H23NO3/c1-11(13-7-8-19-10-13)16-9-15(17)12-3-5-14(18-2)6-4-12/h3-6,11,13,15-17H,7-10H2,1-2H3. The van der Waals surface area contributed by atoms with Crippen LogP contribution in [-0.4, -0.2) is 38.0 Å². The van der Waals surface area contributed by atoms with E-state index in [-0.39, 0.29) is 0 Å². The van der Waals surface area contributed by atoms with Crippen LogP contribution in [0.25, 0.3) is 0 Å². The summed E-state index contributed by atoms with van der Waals surface area (Å²) >= 11 is 0. The van der Waals surface area contributed by atoms with E-state index in [1.807, 2.05) is 24.3 Å². The fourth-order valence-electron chi connectivity index (χ4n) is 2.36. The first-order valence-electron chi connectivity index (χ1n) is 6.84. The van der Waals surface area contributed by atoms with Crippen LogP contribution in [-0.2, 0) is 4.74 Å². The number of ether oxygens (including phenoxy) is 2. The van der Waals surface area contributed by atoms with Gasteiger partial charge < -0.3 is 19.9 Å². The van der Waals surface area contributed by atoms with Crippen molar-refractivity contribution in [2.75, 3.05) is 26.9 Å². The Balaban J connectivity index is 1.80. The quantitative estimate of drug-likeness (QED) is 0.822. The predicted octanol–water partition coefficient (Wildman–Crippen LogP) is 1.74. The van der Waals surface area contributed by atoms with Crippen LogP contribution in [0.1, 0.15) is 25.0 Å². The average Bonchev–Trinajstić information content (AvgIpc) is 2.98. The molecule has 1 aliphatic rings. The summed E-state index contributed by atoms with van der Waals surface area (Å²) in [6.07, 6.45) is 0.614. The minimum Gasteiger partial charge on any atom is -0.497 e. The van der Waals surface area contributed by atoms with Gasteiger partial charge in [0.2, 0.25) is 0 Å². The Morgan fingerprint density at radius 1 is 1.42 bits per heavy atom. The summed E-state index contributed by atoms with van der Waals surface area (Å²) in [5.74, 6) is 1.36. The molecule has 1 saturated heterocycles. The number of benzene rings is 1. The minimum atomic E-state index is -0.490. The maximum Gasteiger partial charge on any atom is 0.118 e. The molecule has 2 N–H and O–H groups in total. The monoisotopic (exact) mass is 265 g/mol. The van der Waals surface area contributed by atoms with Gasteiger partial charge in [-0.25, -0.2) is 0 Å². The van der Waals surface area contributed by atoms with Gasteiger partial charge in [-0.1, -0.05) is 12.1 Å².